The maximum absolute atomic E-state index is 13.6. The summed E-state index contributed by atoms with van der Waals surface area (Å²) in [5.41, 5.74) is 0. The molecule has 1 aromatic heterocycles. The zero-order valence-corrected chi connectivity index (χ0v) is 12.1. The molecule has 9 heteroatoms. The van der Waals surface area contributed by atoms with E-state index in [0.29, 0.717) is 12.8 Å². The number of hydrogen-bond acceptors (Lipinski definition) is 4. The number of aromatic nitrogens is 4. The Morgan fingerprint density at radius 3 is 2.86 bits per heavy atom. The van der Waals surface area contributed by atoms with Crippen molar-refractivity contribution >= 4 is 12.0 Å². The first-order valence-electron chi connectivity index (χ1n) is 7.10. The second-order valence-corrected chi connectivity index (χ2v) is 5.57. The molecule has 1 atom stereocenters. The van der Waals surface area contributed by atoms with Crippen molar-refractivity contribution in [2.24, 2.45) is 5.92 Å². The molecule has 1 fully saturated rings. The Morgan fingerprint density at radius 1 is 1.48 bits per heavy atom. The normalized spacial score (nSPS) is 21.3. The van der Waals surface area contributed by atoms with Gasteiger partial charge in [-0.3, -0.25) is 5.32 Å². The summed E-state index contributed by atoms with van der Waals surface area (Å²) >= 11 is 0. The molecule has 1 aliphatic rings. The van der Waals surface area contributed by atoms with Gasteiger partial charge in [-0.05, 0) is 31.9 Å². The largest absolute Gasteiger partial charge is 0.337 e. The molecule has 2 N–H and O–H groups in total. The number of anilines is 1. The lowest BCUT2D eigenvalue weighted by Crippen LogP contribution is -2.42. The molecule has 0 bridgehead atoms. The number of tetrazole rings is 1. The van der Waals surface area contributed by atoms with E-state index in [9.17, 15) is 13.6 Å². The number of rotatable bonds is 4. The predicted molar refractivity (Wildman–Crippen MR) is 72.1 cm³/mol. The van der Waals surface area contributed by atoms with Crippen LogP contribution in [0, 0.1) is 5.92 Å². The molecule has 1 aliphatic carbocycles. The molecule has 118 valence electrons. The van der Waals surface area contributed by atoms with Crippen LogP contribution in [0.4, 0.5) is 19.5 Å². The number of nitrogens with one attached hydrogen (secondary N) is 2. The summed E-state index contributed by atoms with van der Waals surface area (Å²) in [6, 6.07) is -0.572. The fraction of sp³-hybridized carbons (Fsp3) is 0.833. The van der Waals surface area contributed by atoms with Crippen molar-refractivity contribution in [1.82, 2.24) is 25.5 Å². The minimum Gasteiger partial charge on any atom is -0.337 e. The number of urea groups is 1. The Bertz CT molecular complexity index is 490. The first-order valence-corrected chi connectivity index (χ1v) is 7.10. The number of carbonyl (C=O) groups excluding carboxylic acids is 1. The van der Waals surface area contributed by atoms with Gasteiger partial charge in [-0.15, -0.1) is 5.10 Å². The third kappa shape index (κ3) is 4.08. The van der Waals surface area contributed by atoms with Crippen LogP contribution in [0.2, 0.25) is 0 Å². The quantitative estimate of drug-likeness (QED) is 0.893. The average molecular weight is 302 g/mol. The van der Waals surface area contributed by atoms with Gasteiger partial charge in [0.25, 0.3) is 11.9 Å². The van der Waals surface area contributed by atoms with Crippen molar-refractivity contribution in [2.45, 2.75) is 51.5 Å². The Hall–Kier alpha value is -1.80. The second kappa shape index (κ2) is 6.31. The van der Waals surface area contributed by atoms with Crippen LogP contribution in [0.1, 0.15) is 45.6 Å². The monoisotopic (exact) mass is 302 g/mol. The van der Waals surface area contributed by atoms with Crippen LogP contribution in [-0.2, 0) is 0 Å². The van der Waals surface area contributed by atoms with Crippen molar-refractivity contribution < 1.29 is 13.6 Å². The number of halogens is 2. The first kappa shape index (κ1) is 15.6. The Kier molecular flexibility index (Phi) is 4.69. The van der Waals surface area contributed by atoms with Gasteiger partial charge in [0.1, 0.15) is 0 Å². The molecule has 1 saturated carbocycles. The zero-order valence-electron chi connectivity index (χ0n) is 12.1. The van der Waals surface area contributed by atoms with E-state index in [2.05, 4.69) is 26.0 Å². The highest BCUT2D eigenvalue weighted by Crippen LogP contribution is 2.37. The summed E-state index contributed by atoms with van der Waals surface area (Å²) in [4.78, 5) is 13.0. The summed E-state index contributed by atoms with van der Waals surface area (Å²) in [6.45, 7) is 3.69. The summed E-state index contributed by atoms with van der Waals surface area (Å²) in [6.07, 6.45) is 1.63. The number of hydrogen-bond donors (Lipinski definition) is 2. The summed E-state index contributed by atoms with van der Waals surface area (Å²) in [5.74, 6) is -3.46. The Morgan fingerprint density at radius 2 is 2.24 bits per heavy atom. The SMILES string of the molecule is CC(C)n1nnc(NC(=O)NCC2CCCCC2(F)F)n1. The Labute approximate surface area is 121 Å². The second-order valence-electron chi connectivity index (χ2n) is 5.57. The molecule has 0 radical (unpaired) electrons. The van der Waals surface area contributed by atoms with E-state index in [1.165, 1.54) is 4.80 Å². The van der Waals surface area contributed by atoms with Crippen molar-refractivity contribution in [3.63, 3.8) is 0 Å². The van der Waals surface area contributed by atoms with Gasteiger partial charge in [0.2, 0.25) is 0 Å². The number of alkyl halides is 2. The van der Waals surface area contributed by atoms with Gasteiger partial charge in [-0.1, -0.05) is 11.5 Å². The third-order valence-electron chi connectivity index (χ3n) is 3.53. The van der Waals surface area contributed by atoms with Gasteiger partial charge >= 0.3 is 6.03 Å². The molecular formula is C12H20F2N6O. The molecule has 0 aromatic carbocycles. The lowest BCUT2D eigenvalue weighted by molar-refractivity contribution is -0.0832. The lowest BCUT2D eigenvalue weighted by atomic mass is 9.85. The number of amides is 2. The van der Waals surface area contributed by atoms with Gasteiger partial charge < -0.3 is 5.32 Å². The standard InChI is InChI=1S/C12H20F2N6O/c1-8(2)20-18-10(17-19-20)16-11(21)15-7-9-5-3-4-6-12(9,13)14/h8-9H,3-7H2,1-2H3,(H2,15,16,18,21). The van der Waals surface area contributed by atoms with Crippen molar-refractivity contribution in [2.75, 3.05) is 11.9 Å². The Balaban J connectivity index is 1.81. The first-order chi connectivity index (χ1) is 9.88. The van der Waals surface area contributed by atoms with E-state index in [1.807, 2.05) is 13.8 Å². The molecule has 2 rings (SSSR count). The van der Waals surface area contributed by atoms with Crippen LogP contribution in [0.5, 0.6) is 0 Å². The highest BCUT2D eigenvalue weighted by atomic mass is 19.3. The summed E-state index contributed by atoms with van der Waals surface area (Å²) in [5, 5.41) is 16.2. The fourth-order valence-corrected chi connectivity index (χ4v) is 2.27. The fourth-order valence-electron chi connectivity index (χ4n) is 2.27. The van der Waals surface area contributed by atoms with E-state index in [4.69, 9.17) is 0 Å². The van der Waals surface area contributed by atoms with E-state index in [1.54, 1.807) is 0 Å². The highest BCUT2D eigenvalue weighted by Gasteiger charge is 2.41. The van der Waals surface area contributed by atoms with E-state index in [-0.39, 0.29) is 25.0 Å². The smallest absolute Gasteiger partial charge is 0.321 e. The topological polar surface area (TPSA) is 84.7 Å². The molecule has 0 spiro atoms. The number of carbonyl (C=O) groups is 1. The molecule has 0 aliphatic heterocycles. The van der Waals surface area contributed by atoms with Crippen LogP contribution in [0.3, 0.4) is 0 Å². The van der Waals surface area contributed by atoms with Gasteiger partial charge in [0.15, 0.2) is 0 Å². The van der Waals surface area contributed by atoms with Gasteiger partial charge in [0.05, 0.1) is 6.04 Å². The van der Waals surface area contributed by atoms with Crippen LogP contribution >= 0.6 is 0 Å². The van der Waals surface area contributed by atoms with Crippen molar-refractivity contribution in [3.05, 3.63) is 0 Å². The maximum Gasteiger partial charge on any atom is 0.321 e. The predicted octanol–water partition coefficient (Wildman–Crippen LogP) is 2.20. The van der Waals surface area contributed by atoms with E-state index in [0.717, 1.165) is 6.42 Å². The van der Waals surface area contributed by atoms with E-state index >= 15 is 0 Å². The molecule has 1 unspecified atom stereocenters. The van der Waals surface area contributed by atoms with Crippen LogP contribution in [-0.4, -0.2) is 38.7 Å². The number of nitrogens with zero attached hydrogens (tertiary/aromatic N) is 4. The van der Waals surface area contributed by atoms with Crippen molar-refractivity contribution in [1.29, 1.82) is 0 Å². The molecule has 1 heterocycles. The summed E-state index contributed by atoms with van der Waals surface area (Å²) in [7, 11) is 0. The maximum atomic E-state index is 13.6. The molecule has 21 heavy (non-hydrogen) atoms. The van der Waals surface area contributed by atoms with Crippen LogP contribution in [0.15, 0.2) is 0 Å². The lowest BCUT2D eigenvalue weighted by Gasteiger charge is -2.31. The average Bonchev–Trinajstić information content (AvgIpc) is 2.85. The third-order valence-corrected chi connectivity index (χ3v) is 3.53. The van der Waals surface area contributed by atoms with Gasteiger partial charge in [0, 0.05) is 18.9 Å². The molecular weight excluding hydrogens is 282 g/mol. The van der Waals surface area contributed by atoms with Crippen molar-refractivity contribution in [3.8, 4) is 0 Å². The minimum absolute atomic E-state index is 0.0250. The highest BCUT2D eigenvalue weighted by molar-refractivity contribution is 5.87. The van der Waals surface area contributed by atoms with Gasteiger partial charge in [-0.25, -0.2) is 13.6 Å². The van der Waals surface area contributed by atoms with Gasteiger partial charge in [-0.2, -0.15) is 4.80 Å². The van der Waals surface area contributed by atoms with E-state index < -0.39 is 17.9 Å². The molecule has 2 amide bonds. The molecule has 0 saturated heterocycles. The van der Waals surface area contributed by atoms with Crippen LogP contribution in [0.25, 0.3) is 0 Å². The molecule has 1 aromatic rings. The minimum atomic E-state index is -2.70. The summed E-state index contributed by atoms with van der Waals surface area (Å²) < 4.78 is 27.3. The zero-order chi connectivity index (χ0) is 15.5. The van der Waals surface area contributed by atoms with Crippen LogP contribution < -0.4 is 10.6 Å². The molecule has 7 nitrogen and oxygen atoms in total.